The Morgan fingerprint density at radius 3 is 3.00 bits per heavy atom. The van der Waals surface area contributed by atoms with Crippen molar-refractivity contribution < 1.29 is 4.79 Å². The Morgan fingerprint density at radius 1 is 1.24 bits per heavy atom. The molecular weight excluding hydrogens is 332 g/mol. The largest absolute Gasteiger partial charge is 0.326 e. The number of anilines is 1. The van der Waals surface area contributed by atoms with Crippen LogP contribution in [-0.2, 0) is 11.3 Å². The number of amides is 1. The Kier molecular flexibility index (Phi) is 3.97. The summed E-state index contributed by atoms with van der Waals surface area (Å²) in [7, 11) is 0. The number of carbonyl (C=O) groups is 1. The summed E-state index contributed by atoms with van der Waals surface area (Å²) in [5.41, 5.74) is 4.04. The standard InChI is InChI=1S/C19H18N4OS/c1-12-4-3-5-14-11-20-23(19(12)14)9-8-18(24)22-15-6-7-16-17(10-15)25-13(2)21-16/h3-7,10-11H,8-9H2,1-2H3,(H,22,24). The molecule has 4 aromatic rings. The van der Waals surface area contributed by atoms with Crippen molar-refractivity contribution in [2.75, 3.05) is 5.32 Å². The number of aromatic nitrogens is 3. The lowest BCUT2D eigenvalue weighted by Crippen LogP contribution is -2.15. The molecule has 0 saturated carbocycles. The molecule has 0 fully saturated rings. The van der Waals surface area contributed by atoms with Gasteiger partial charge in [-0.1, -0.05) is 18.2 Å². The molecule has 4 rings (SSSR count). The second-order valence-electron chi connectivity index (χ2n) is 6.09. The average Bonchev–Trinajstić information content (AvgIpc) is 3.16. The van der Waals surface area contributed by atoms with Crippen LogP contribution >= 0.6 is 11.3 Å². The molecular formula is C19H18N4OS. The minimum absolute atomic E-state index is 0.0159. The first kappa shape index (κ1) is 15.8. The Labute approximate surface area is 149 Å². The summed E-state index contributed by atoms with van der Waals surface area (Å²) in [6.45, 7) is 4.61. The van der Waals surface area contributed by atoms with Gasteiger partial charge in [-0.3, -0.25) is 9.48 Å². The van der Waals surface area contributed by atoms with Crippen molar-refractivity contribution >= 4 is 44.1 Å². The number of aryl methyl sites for hydroxylation is 3. The first-order chi connectivity index (χ1) is 12.1. The van der Waals surface area contributed by atoms with Gasteiger partial charge in [0.1, 0.15) is 0 Å². The molecule has 0 unspecified atom stereocenters. The van der Waals surface area contributed by atoms with Gasteiger partial charge in [0.2, 0.25) is 5.91 Å². The number of hydrogen-bond donors (Lipinski definition) is 1. The maximum absolute atomic E-state index is 12.3. The van der Waals surface area contributed by atoms with Gasteiger partial charge < -0.3 is 5.32 Å². The van der Waals surface area contributed by atoms with Gasteiger partial charge in [0.15, 0.2) is 0 Å². The van der Waals surface area contributed by atoms with E-state index in [1.54, 1.807) is 11.3 Å². The lowest BCUT2D eigenvalue weighted by atomic mass is 10.2. The minimum Gasteiger partial charge on any atom is -0.326 e. The summed E-state index contributed by atoms with van der Waals surface area (Å²) >= 11 is 1.63. The minimum atomic E-state index is -0.0159. The predicted molar refractivity (Wildman–Crippen MR) is 102 cm³/mol. The third kappa shape index (κ3) is 3.13. The van der Waals surface area contributed by atoms with E-state index < -0.39 is 0 Å². The van der Waals surface area contributed by atoms with E-state index in [4.69, 9.17) is 0 Å². The fourth-order valence-corrected chi connectivity index (χ4v) is 3.91. The van der Waals surface area contributed by atoms with Crippen molar-refractivity contribution in [2.24, 2.45) is 0 Å². The second-order valence-corrected chi connectivity index (χ2v) is 7.33. The van der Waals surface area contributed by atoms with Crippen LogP contribution in [0.15, 0.2) is 42.6 Å². The van der Waals surface area contributed by atoms with E-state index in [1.165, 1.54) is 5.56 Å². The number of nitrogens with one attached hydrogen (secondary N) is 1. The molecule has 0 aliphatic heterocycles. The van der Waals surface area contributed by atoms with E-state index in [0.717, 1.165) is 31.8 Å². The van der Waals surface area contributed by atoms with Gasteiger partial charge in [-0.25, -0.2) is 4.98 Å². The van der Waals surface area contributed by atoms with Crippen LogP contribution < -0.4 is 5.32 Å². The average molecular weight is 350 g/mol. The lowest BCUT2D eigenvalue weighted by molar-refractivity contribution is -0.116. The highest BCUT2D eigenvalue weighted by atomic mass is 32.1. The molecule has 0 aliphatic rings. The van der Waals surface area contributed by atoms with E-state index in [9.17, 15) is 4.79 Å². The fraction of sp³-hybridized carbons (Fsp3) is 0.211. The number of rotatable bonds is 4. The van der Waals surface area contributed by atoms with Gasteiger partial charge in [0.05, 0.1) is 33.5 Å². The summed E-state index contributed by atoms with van der Waals surface area (Å²) in [4.78, 5) is 16.7. The van der Waals surface area contributed by atoms with Gasteiger partial charge in [0.25, 0.3) is 0 Å². The van der Waals surface area contributed by atoms with Crippen molar-refractivity contribution in [3.05, 3.63) is 53.2 Å². The molecule has 1 amide bonds. The van der Waals surface area contributed by atoms with Crippen LogP contribution in [0.5, 0.6) is 0 Å². The summed E-state index contributed by atoms with van der Waals surface area (Å²) in [6, 6.07) is 11.9. The van der Waals surface area contributed by atoms with E-state index in [-0.39, 0.29) is 5.91 Å². The van der Waals surface area contributed by atoms with Crippen LogP contribution in [0.4, 0.5) is 5.69 Å². The van der Waals surface area contributed by atoms with E-state index in [1.807, 2.05) is 48.1 Å². The highest BCUT2D eigenvalue weighted by Gasteiger charge is 2.09. The maximum Gasteiger partial charge on any atom is 0.226 e. The monoisotopic (exact) mass is 350 g/mol. The Bertz CT molecular complexity index is 1080. The zero-order valence-corrected chi connectivity index (χ0v) is 14.9. The third-order valence-electron chi connectivity index (χ3n) is 4.19. The molecule has 0 bridgehead atoms. The van der Waals surface area contributed by atoms with Crippen molar-refractivity contribution in [1.82, 2.24) is 14.8 Å². The Hall–Kier alpha value is -2.73. The number of thiazole rings is 1. The number of nitrogens with zero attached hydrogens (tertiary/aromatic N) is 3. The molecule has 2 aromatic carbocycles. The topological polar surface area (TPSA) is 59.8 Å². The number of benzene rings is 2. The maximum atomic E-state index is 12.3. The highest BCUT2D eigenvalue weighted by Crippen LogP contribution is 2.25. The summed E-state index contributed by atoms with van der Waals surface area (Å²) < 4.78 is 2.99. The van der Waals surface area contributed by atoms with Gasteiger partial charge in [-0.2, -0.15) is 5.10 Å². The van der Waals surface area contributed by atoms with Crippen molar-refractivity contribution in [1.29, 1.82) is 0 Å². The molecule has 6 heteroatoms. The van der Waals surface area contributed by atoms with Crippen LogP contribution in [0.3, 0.4) is 0 Å². The van der Waals surface area contributed by atoms with Crippen LogP contribution in [0.1, 0.15) is 17.0 Å². The molecule has 25 heavy (non-hydrogen) atoms. The molecule has 0 atom stereocenters. The van der Waals surface area contributed by atoms with Crippen LogP contribution in [0.2, 0.25) is 0 Å². The number of carbonyl (C=O) groups excluding carboxylic acids is 1. The quantitative estimate of drug-likeness (QED) is 0.597. The summed E-state index contributed by atoms with van der Waals surface area (Å²) in [6.07, 6.45) is 2.23. The molecule has 0 spiro atoms. The molecule has 0 aliphatic carbocycles. The SMILES string of the molecule is Cc1nc2ccc(NC(=O)CCn3ncc4cccc(C)c43)cc2s1. The second kappa shape index (κ2) is 6.29. The molecule has 5 nitrogen and oxygen atoms in total. The number of hydrogen-bond acceptors (Lipinski definition) is 4. The molecule has 2 heterocycles. The summed E-state index contributed by atoms with van der Waals surface area (Å²) in [5.74, 6) is -0.0159. The molecule has 0 saturated heterocycles. The molecule has 1 N–H and O–H groups in total. The van der Waals surface area contributed by atoms with Gasteiger partial charge in [0, 0.05) is 17.5 Å². The zero-order valence-electron chi connectivity index (χ0n) is 14.1. The lowest BCUT2D eigenvalue weighted by Gasteiger charge is -2.07. The van der Waals surface area contributed by atoms with E-state index in [2.05, 4.69) is 28.4 Å². The molecule has 0 radical (unpaired) electrons. The first-order valence-electron chi connectivity index (χ1n) is 8.18. The zero-order chi connectivity index (χ0) is 17.4. The summed E-state index contributed by atoms with van der Waals surface area (Å²) in [5, 5.41) is 9.51. The van der Waals surface area contributed by atoms with Gasteiger partial charge in [-0.05, 0) is 37.6 Å². The van der Waals surface area contributed by atoms with E-state index >= 15 is 0 Å². The van der Waals surface area contributed by atoms with Crippen LogP contribution in [-0.4, -0.2) is 20.7 Å². The molecule has 2 aromatic heterocycles. The van der Waals surface area contributed by atoms with Gasteiger partial charge in [-0.15, -0.1) is 11.3 Å². The smallest absolute Gasteiger partial charge is 0.226 e. The highest BCUT2D eigenvalue weighted by molar-refractivity contribution is 7.18. The fourth-order valence-electron chi connectivity index (χ4n) is 3.05. The first-order valence-corrected chi connectivity index (χ1v) is 9.00. The number of fused-ring (bicyclic) bond motifs is 2. The Morgan fingerprint density at radius 2 is 2.12 bits per heavy atom. The van der Waals surface area contributed by atoms with E-state index in [0.29, 0.717) is 13.0 Å². The van der Waals surface area contributed by atoms with Crippen LogP contribution in [0, 0.1) is 13.8 Å². The van der Waals surface area contributed by atoms with Crippen molar-refractivity contribution in [3.63, 3.8) is 0 Å². The predicted octanol–water partition coefficient (Wildman–Crippen LogP) is 4.29. The number of para-hydroxylation sites is 1. The normalized spacial score (nSPS) is 11.3. The van der Waals surface area contributed by atoms with Crippen LogP contribution in [0.25, 0.3) is 21.1 Å². The Balaban J connectivity index is 1.46. The molecule has 126 valence electrons. The third-order valence-corrected chi connectivity index (χ3v) is 5.13. The van der Waals surface area contributed by atoms with Crippen molar-refractivity contribution in [2.45, 2.75) is 26.8 Å². The van der Waals surface area contributed by atoms with Gasteiger partial charge >= 0.3 is 0 Å². The van der Waals surface area contributed by atoms with Crippen molar-refractivity contribution in [3.8, 4) is 0 Å².